The van der Waals surface area contributed by atoms with Crippen molar-refractivity contribution in [2.75, 3.05) is 12.8 Å². The molecule has 2 unspecified atom stereocenters. The molecule has 0 saturated carbocycles. The summed E-state index contributed by atoms with van der Waals surface area (Å²) in [6, 6.07) is 3.28. The van der Waals surface area contributed by atoms with Crippen LogP contribution in [0.5, 0.6) is 5.75 Å². The van der Waals surface area contributed by atoms with E-state index >= 15 is 0 Å². The highest BCUT2D eigenvalue weighted by molar-refractivity contribution is 7.84. The van der Waals surface area contributed by atoms with Crippen LogP contribution in [0.25, 0.3) is 0 Å². The number of hydrogen-bond donors (Lipinski definition) is 2. The SMILES string of the molecule is CC(CCNC(=O)c1cc(O)ccc1[N+](=O)[O-])S(C)=O. The van der Waals surface area contributed by atoms with E-state index in [1.54, 1.807) is 13.2 Å². The van der Waals surface area contributed by atoms with Crippen LogP contribution in [-0.4, -0.2) is 38.2 Å². The maximum absolute atomic E-state index is 11.9. The molecule has 1 amide bonds. The fourth-order valence-electron chi connectivity index (χ4n) is 1.52. The topological polar surface area (TPSA) is 110 Å². The van der Waals surface area contributed by atoms with Gasteiger partial charge in [-0.15, -0.1) is 0 Å². The van der Waals surface area contributed by atoms with Crippen LogP contribution in [0, 0.1) is 10.1 Å². The first-order valence-electron chi connectivity index (χ1n) is 5.90. The average molecular weight is 300 g/mol. The van der Waals surface area contributed by atoms with E-state index in [4.69, 9.17) is 0 Å². The minimum Gasteiger partial charge on any atom is -0.508 e. The third-order valence-corrected chi connectivity index (χ3v) is 4.19. The number of amides is 1. The lowest BCUT2D eigenvalue weighted by Gasteiger charge is -2.09. The maximum atomic E-state index is 11.9. The Morgan fingerprint density at radius 1 is 1.55 bits per heavy atom. The molecule has 0 aromatic heterocycles. The number of nitro groups is 1. The number of phenolic OH excluding ortho intramolecular Hbond substituents is 1. The molecule has 0 aliphatic heterocycles. The van der Waals surface area contributed by atoms with Crippen LogP contribution in [0.4, 0.5) is 5.69 Å². The molecule has 0 spiro atoms. The maximum Gasteiger partial charge on any atom is 0.282 e. The summed E-state index contributed by atoms with van der Waals surface area (Å²) in [6.07, 6.45) is 2.08. The molecule has 0 saturated heterocycles. The molecule has 0 radical (unpaired) electrons. The number of nitrogens with zero attached hydrogens (tertiary/aromatic N) is 1. The minimum absolute atomic E-state index is 0.0746. The van der Waals surface area contributed by atoms with Crippen LogP contribution < -0.4 is 5.32 Å². The van der Waals surface area contributed by atoms with Crippen LogP contribution >= 0.6 is 0 Å². The predicted molar refractivity (Wildman–Crippen MR) is 75.2 cm³/mol. The summed E-state index contributed by atoms with van der Waals surface area (Å²) in [5.41, 5.74) is -0.562. The molecule has 0 aliphatic rings. The largest absolute Gasteiger partial charge is 0.508 e. The second kappa shape index (κ2) is 6.99. The van der Waals surface area contributed by atoms with Crippen LogP contribution in [-0.2, 0) is 10.8 Å². The van der Waals surface area contributed by atoms with Gasteiger partial charge in [0.25, 0.3) is 11.6 Å². The van der Waals surface area contributed by atoms with Gasteiger partial charge in [0.05, 0.1) is 4.92 Å². The summed E-state index contributed by atoms with van der Waals surface area (Å²) in [5, 5.41) is 22.6. The van der Waals surface area contributed by atoms with Crippen molar-refractivity contribution in [3.8, 4) is 5.75 Å². The summed E-state index contributed by atoms with van der Waals surface area (Å²) in [7, 11) is -0.984. The summed E-state index contributed by atoms with van der Waals surface area (Å²) in [4.78, 5) is 22.0. The van der Waals surface area contributed by atoms with Gasteiger partial charge in [-0.3, -0.25) is 19.1 Å². The average Bonchev–Trinajstić information content (AvgIpc) is 2.37. The van der Waals surface area contributed by atoms with Crippen molar-refractivity contribution < 1.29 is 19.0 Å². The fraction of sp³-hybridized carbons (Fsp3) is 0.417. The van der Waals surface area contributed by atoms with Gasteiger partial charge in [0.15, 0.2) is 0 Å². The van der Waals surface area contributed by atoms with Crippen molar-refractivity contribution in [3.63, 3.8) is 0 Å². The molecule has 2 N–H and O–H groups in total. The lowest BCUT2D eigenvalue weighted by Crippen LogP contribution is -2.28. The normalized spacial score (nSPS) is 13.5. The number of nitrogens with one attached hydrogen (secondary N) is 1. The first-order valence-corrected chi connectivity index (χ1v) is 7.53. The van der Waals surface area contributed by atoms with Crippen LogP contribution in [0.2, 0.25) is 0 Å². The number of carbonyl (C=O) groups is 1. The van der Waals surface area contributed by atoms with Gasteiger partial charge in [-0.1, -0.05) is 6.92 Å². The number of benzene rings is 1. The molecule has 0 aliphatic carbocycles. The number of rotatable bonds is 6. The van der Waals surface area contributed by atoms with Gasteiger partial charge in [-0.25, -0.2) is 0 Å². The van der Waals surface area contributed by atoms with E-state index in [1.807, 2.05) is 0 Å². The molecule has 1 aromatic carbocycles. The van der Waals surface area contributed by atoms with E-state index in [0.29, 0.717) is 6.42 Å². The molecule has 1 rings (SSSR count). The van der Waals surface area contributed by atoms with Crippen LogP contribution in [0.3, 0.4) is 0 Å². The summed E-state index contributed by atoms with van der Waals surface area (Å²) in [6.45, 7) is 2.05. The molecular weight excluding hydrogens is 284 g/mol. The van der Waals surface area contributed by atoms with Gasteiger partial charge in [-0.05, 0) is 18.6 Å². The second-order valence-electron chi connectivity index (χ2n) is 4.31. The Hall–Kier alpha value is -1.96. The van der Waals surface area contributed by atoms with Gasteiger partial charge >= 0.3 is 0 Å². The molecule has 0 fully saturated rings. The molecule has 110 valence electrons. The standard InChI is InChI=1S/C12H16N2O5S/c1-8(20(2)19)5-6-13-12(16)10-7-9(15)3-4-11(10)14(17)18/h3-4,7-8,15H,5-6H2,1-2H3,(H,13,16). The minimum atomic E-state index is -0.984. The number of phenols is 1. The van der Waals surface area contributed by atoms with Crippen molar-refractivity contribution in [2.24, 2.45) is 0 Å². The van der Waals surface area contributed by atoms with Gasteiger partial charge in [0, 0.05) is 34.9 Å². The smallest absolute Gasteiger partial charge is 0.282 e. The molecule has 8 heteroatoms. The van der Waals surface area contributed by atoms with Gasteiger partial charge < -0.3 is 10.4 Å². The first-order chi connectivity index (χ1) is 9.32. The van der Waals surface area contributed by atoms with E-state index in [2.05, 4.69) is 5.32 Å². The Bertz CT molecular complexity index is 547. The molecule has 0 bridgehead atoms. The highest BCUT2D eigenvalue weighted by Gasteiger charge is 2.20. The Morgan fingerprint density at radius 2 is 2.20 bits per heavy atom. The van der Waals surface area contributed by atoms with E-state index < -0.39 is 21.6 Å². The first kappa shape index (κ1) is 16.1. The number of aromatic hydroxyl groups is 1. The Labute approximate surface area is 118 Å². The fourth-order valence-corrected chi connectivity index (χ4v) is 1.97. The lowest BCUT2D eigenvalue weighted by molar-refractivity contribution is -0.385. The lowest BCUT2D eigenvalue weighted by atomic mass is 10.1. The van der Waals surface area contributed by atoms with Gasteiger partial charge in [0.2, 0.25) is 0 Å². The summed E-state index contributed by atoms with van der Waals surface area (Å²) < 4.78 is 11.2. The number of nitro benzene ring substituents is 1. The highest BCUT2D eigenvalue weighted by atomic mass is 32.2. The quantitative estimate of drug-likeness (QED) is 0.605. The number of hydrogen-bond acceptors (Lipinski definition) is 5. The molecule has 0 heterocycles. The van der Waals surface area contributed by atoms with E-state index in [9.17, 15) is 24.2 Å². The van der Waals surface area contributed by atoms with Crippen LogP contribution in [0.1, 0.15) is 23.7 Å². The zero-order valence-corrected chi connectivity index (χ0v) is 12.0. The van der Waals surface area contributed by atoms with Crippen molar-refractivity contribution in [1.82, 2.24) is 5.32 Å². The van der Waals surface area contributed by atoms with E-state index in [-0.39, 0.29) is 28.8 Å². The van der Waals surface area contributed by atoms with Crippen LogP contribution in [0.15, 0.2) is 18.2 Å². The van der Waals surface area contributed by atoms with Gasteiger partial charge in [-0.2, -0.15) is 0 Å². The molecule has 1 aromatic rings. The summed E-state index contributed by atoms with van der Waals surface area (Å²) in [5.74, 6) is -0.856. The van der Waals surface area contributed by atoms with Crippen molar-refractivity contribution >= 4 is 22.4 Å². The summed E-state index contributed by atoms with van der Waals surface area (Å²) >= 11 is 0. The van der Waals surface area contributed by atoms with E-state index in [1.165, 1.54) is 0 Å². The highest BCUT2D eigenvalue weighted by Crippen LogP contribution is 2.23. The van der Waals surface area contributed by atoms with E-state index in [0.717, 1.165) is 18.2 Å². The van der Waals surface area contributed by atoms with Crippen molar-refractivity contribution in [3.05, 3.63) is 33.9 Å². The third kappa shape index (κ3) is 4.30. The Kier molecular flexibility index (Phi) is 5.63. The van der Waals surface area contributed by atoms with Crippen molar-refractivity contribution in [2.45, 2.75) is 18.6 Å². The molecule has 2 atom stereocenters. The third-order valence-electron chi connectivity index (χ3n) is 2.82. The predicted octanol–water partition coefficient (Wildman–Crippen LogP) is 1.19. The second-order valence-corrected chi connectivity index (χ2v) is 6.11. The molecular formula is C12H16N2O5S. The van der Waals surface area contributed by atoms with Crippen molar-refractivity contribution in [1.29, 1.82) is 0 Å². The Morgan fingerprint density at radius 3 is 2.75 bits per heavy atom. The monoisotopic (exact) mass is 300 g/mol. The van der Waals surface area contributed by atoms with Gasteiger partial charge in [0.1, 0.15) is 11.3 Å². The zero-order chi connectivity index (χ0) is 15.3. The number of carbonyl (C=O) groups excluding carboxylic acids is 1. The Balaban J connectivity index is 2.75. The molecule has 20 heavy (non-hydrogen) atoms. The molecule has 7 nitrogen and oxygen atoms in total. The zero-order valence-electron chi connectivity index (χ0n) is 11.2.